The minimum Gasteiger partial charge on any atom is -0.507 e. The summed E-state index contributed by atoms with van der Waals surface area (Å²) in [7, 11) is 0. The lowest BCUT2D eigenvalue weighted by Gasteiger charge is -2.25. The standard InChI is InChI=1S/C27H27N3O4/c1-3-4-14-34-22-8-7-21(15-18(22)2)25(31)23-24(20-9-12-28-13-10-20)30(27(33)26(23)32)17-19-6-5-11-29-16-19/h5-13,15-16,24,31H,3-4,14,17H2,1-2H3/t24-/m0/s1. The van der Waals surface area contributed by atoms with Gasteiger partial charge in [-0.2, -0.15) is 0 Å². The first kappa shape index (κ1) is 23.2. The van der Waals surface area contributed by atoms with Crippen LogP contribution in [-0.4, -0.2) is 38.3 Å². The number of unbranched alkanes of at least 4 members (excludes halogenated alkanes) is 1. The number of aryl methyl sites for hydroxylation is 1. The summed E-state index contributed by atoms with van der Waals surface area (Å²) in [6.07, 6.45) is 8.50. The summed E-state index contributed by atoms with van der Waals surface area (Å²) in [5.74, 6) is -0.864. The molecule has 0 bridgehead atoms. The Morgan fingerprint density at radius 1 is 1.09 bits per heavy atom. The fraction of sp³-hybridized carbons (Fsp3) is 0.259. The lowest BCUT2D eigenvalue weighted by molar-refractivity contribution is -0.140. The Hall–Kier alpha value is -4.00. The van der Waals surface area contributed by atoms with Crippen LogP contribution in [-0.2, 0) is 16.1 Å². The quantitative estimate of drug-likeness (QED) is 0.230. The zero-order valence-corrected chi connectivity index (χ0v) is 19.3. The maximum atomic E-state index is 13.2. The Morgan fingerprint density at radius 3 is 2.56 bits per heavy atom. The number of aromatic nitrogens is 2. The number of hydrogen-bond acceptors (Lipinski definition) is 6. The molecule has 1 fully saturated rings. The van der Waals surface area contributed by atoms with Crippen LogP contribution >= 0.6 is 0 Å². The number of rotatable bonds is 8. The molecule has 1 saturated heterocycles. The van der Waals surface area contributed by atoms with Crippen molar-refractivity contribution in [3.63, 3.8) is 0 Å². The number of pyridine rings is 2. The van der Waals surface area contributed by atoms with Crippen LogP contribution in [0.1, 0.15) is 48.1 Å². The maximum absolute atomic E-state index is 13.2. The average molecular weight is 458 g/mol. The van der Waals surface area contributed by atoms with Crippen LogP contribution in [0.2, 0.25) is 0 Å². The highest BCUT2D eigenvalue weighted by Gasteiger charge is 2.46. The van der Waals surface area contributed by atoms with Gasteiger partial charge in [-0.3, -0.25) is 19.6 Å². The van der Waals surface area contributed by atoms with Crippen LogP contribution in [0.4, 0.5) is 0 Å². The Balaban J connectivity index is 1.76. The van der Waals surface area contributed by atoms with Gasteiger partial charge in [-0.05, 0) is 66.4 Å². The normalized spacial score (nSPS) is 17.2. The van der Waals surface area contributed by atoms with Crippen LogP contribution in [0.3, 0.4) is 0 Å². The van der Waals surface area contributed by atoms with Crippen LogP contribution in [0, 0.1) is 6.92 Å². The van der Waals surface area contributed by atoms with Gasteiger partial charge in [-0.15, -0.1) is 0 Å². The lowest BCUT2D eigenvalue weighted by atomic mass is 9.95. The molecule has 1 N–H and O–H groups in total. The van der Waals surface area contributed by atoms with E-state index in [1.165, 1.54) is 4.90 Å². The van der Waals surface area contributed by atoms with Gasteiger partial charge in [0, 0.05) is 36.9 Å². The molecular weight excluding hydrogens is 430 g/mol. The number of benzene rings is 1. The molecule has 1 aliphatic rings. The molecule has 7 heteroatoms. The van der Waals surface area contributed by atoms with E-state index in [2.05, 4.69) is 16.9 Å². The van der Waals surface area contributed by atoms with Crippen LogP contribution in [0.5, 0.6) is 5.75 Å². The van der Waals surface area contributed by atoms with E-state index in [1.54, 1.807) is 61.2 Å². The molecule has 34 heavy (non-hydrogen) atoms. The van der Waals surface area contributed by atoms with E-state index in [0.717, 1.165) is 29.7 Å². The molecule has 0 spiro atoms. The molecule has 0 saturated carbocycles. The van der Waals surface area contributed by atoms with Crippen molar-refractivity contribution in [1.29, 1.82) is 0 Å². The van der Waals surface area contributed by atoms with Gasteiger partial charge in [0.25, 0.3) is 11.7 Å². The predicted octanol–water partition coefficient (Wildman–Crippen LogP) is 4.59. The van der Waals surface area contributed by atoms with E-state index in [1.807, 2.05) is 13.0 Å². The van der Waals surface area contributed by atoms with Gasteiger partial charge in [-0.1, -0.05) is 19.4 Å². The topological polar surface area (TPSA) is 92.6 Å². The fourth-order valence-corrected chi connectivity index (χ4v) is 4.06. The smallest absolute Gasteiger partial charge is 0.295 e. The number of likely N-dealkylation sites (tertiary alicyclic amines) is 1. The minimum atomic E-state index is -0.746. The van der Waals surface area contributed by atoms with Crippen molar-refractivity contribution in [1.82, 2.24) is 14.9 Å². The second-order valence-corrected chi connectivity index (χ2v) is 8.25. The second-order valence-electron chi connectivity index (χ2n) is 8.25. The summed E-state index contributed by atoms with van der Waals surface area (Å²) >= 11 is 0. The third-order valence-electron chi connectivity index (χ3n) is 5.84. The number of carbonyl (C=O) groups excluding carboxylic acids is 2. The number of ether oxygens (including phenoxy) is 1. The number of ketones is 1. The van der Waals surface area contributed by atoms with Gasteiger partial charge in [0.15, 0.2) is 0 Å². The first-order valence-electron chi connectivity index (χ1n) is 11.3. The van der Waals surface area contributed by atoms with E-state index in [9.17, 15) is 14.7 Å². The Labute approximate surface area is 198 Å². The van der Waals surface area contributed by atoms with Crippen molar-refractivity contribution in [3.8, 4) is 5.75 Å². The highest BCUT2D eigenvalue weighted by molar-refractivity contribution is 6.46. The van der Waals surface area contributed by atoms with Gasteiger partial charge in [0.05, 0.1) is 18.2 Å². The summed E-state index contributed by atoms with van der Waals surface area (Å²) in [6.45, 7) is 4.79. The van der Waals surface area contributed by atoms with Crippen LogP contribution in [0.25, 0.3) is 5.76 Å². The van der Waals surface area contributed by atoms with E-state index in [4.69, 9.17) is 4.74 Å². The van der Waals surface area contributed by atoms with Crippen molar-refractivity contribution in [3.05, 3.63) is 95.1 Å². The molecule has 1 aliphatic heterocycles. The van der Waals surface area contributed by atoms with E-state index < -0.39 is 17.7 Å². The number of amides is 1. The highest BCUT2D eigenvalue weighted by atomic mass is 16.5. The molecule has 174 valence electrons. The summed E-state index contributed by atoms with van der Waals surface area (Å²) in [5.41, 5.74) is 2.83. The lowest BCUT2D eigenvalue weighted by Crippen LogP contribution is -2.29. The van der Waals surface area contributed by atoms with E-state index >= 15 is 0 Å². The molecule has 2 aromatic heterocycles. The number of hydrogen-bond donors (Lipinski definition) is 1. The van der Waals surface area contributed by atoms with Crippen molar-refractivity contribution in [2.24, 2.45) is 0 Å². The number of nitrogens with zero attached hydrogens (tertiary/aromatic N) is 3. The first-order chi connectivity index (χ1) is 16.5. The highest BCUT2D eigenvalue weighted by Crippen LogP contribution is 2.40. The molecule has 3 aromatic rings. The van der Waals surface area contributed by atoms with E-state index in [0.29, 0.717) is 17.7 Å². The largest absolute Gasteiger partial charge is 0.507 e. The summed E-state index contributed by atoms with van der Waals surface area (Å²) < 4.78 is 5.81. The van der Waals surface area contributed by atoms with Crippen molar-refractivity contribution in [2.45, 2.75) is 39.3 Å². The van der Waals surface area contributed by atoms with Gasteiger partial charge in [0.2, 0.25) is 0 Å². The predicted molar refractivity (Wildman–Crippen MR) is 128 cm³/mol. The Kier molecular flexibility index (Phi) is 7.01. The molecule has 3 heterocycles. The van der Waals surface area contributed by atoms with E-state index in [-0.39, 0.29) is 17.9 Å². The number of aliphatic hydroxyl groups is 1. The van der Waals surface area contributed by atoms with Gasteiger partial charge < -0.3 is 14.7 Å². The minimum absolute atomic E-state index is 0.0548. The SMILES string of the molecule is CCCCOc1ccc(C(O)=C2C(=O)C(=O)N(Cc3cccnc3)[C@H]2c2ccncc2)cc1C. The number of carbonyl (C=O) groups is 2. The van der Waals surface area contributed by atoms with Gasteiger partial charge >= 0.3 is 0 Å². The third-order valence-corrected chi connectivity index (χ3v) is 5.84. The van der Waals surface area contributed by atoms with Crippen molar-refractivity contribution < 1.29 is 19.4 Å². The molecule has 1 amide bonds. The number of aliphatic hydroxyl groups excluding tert-OH is 1. The molecule has 0 unspecified atom stereocenters. The molecule has 1 atom stereocenters. The fourth-order valence-electron chi connectivity index (χ4n) is 4.06. The molecule has 4 rings (SSSR count). The van der Waals surface area contributed by atoms with Crippen LogP contribution < -0.4 is 4.74 Å². The zero-order chi connectivity index (χ0) is 24.1. The van der Waals surface area contributed by atoms with Crippen molar-refractivity contribution in [2.75, 3.05) is 6.61 Å². The average Bonchev–Trinajstić information content (AvgIpc) is 3.11. The van der Waals surface area contributed by atoms with Gasteiger partial charge in [-0.25, -0.2) is 0 Å². The van der Waals surface area contributed by atoms with Crippen LogP contribution in [0.15, 0.2) is 72.8 Å². The number of Topliss-reactive ketones (excluding diaryl/α,β-unsaturated/α-hetero) is 1. The molecule has 1 aromatic carbocycles. The molecule has 0 aliphatic carbocycles. The Morgan fingerprint density at radius 2 is 1.88 bits per heavy atom. The zero-order valence-electron chi connectivity index (χ0n) is 19.3. The Bertz CT molecular complexity index is 1210. The molecule has 7 nitrogen and oxygen atoms in total. The van der Waals surface area contributed by atoms with Crippen molar-refractivity contribution >= 4 is 17.4 Å². The summed E-state index contributed by atoms with van der Waals surface area (Å²) in [5, 5.41) is 11.3. The third kappa shape index (κ3) is 4.69. The maximum Gasteiger partial charge on any atom is 0.295 e. The molecular formula is C27H27N3O4. The second kappa shape index (κ2) is 10.3. The molecule has 0 radical (unpaired) electrons. The first-order valence-corrected chi connectivity index (χ1v) is 11.3. The van der Waals surface area contributed by atoms with Gasteiger partial charge in [0.1, 0.15) is 11.5 Å². The summed E-state index contributed by atoms with van der Waals surface area (Å²) in [4.78, 5) is 35.9. The monoisotopic (exact) mass is 457 g/mol. The summed E-state index contributed by atoms with van der Waals surface area (Å²) in [6, 6.07) is 11.6.